The molecule has 1 aromatic carbocycles. The van der Waals surface area contributed by atoms with E-state index in [-0.39, 0.29) is 42.2 Å². The minimum absolute atomic E-state index is 0.0738. The lowest BCUT2D eigenvalue weighted by atomic mass is 9.99. The Morgan fingerprint density at radius 3 is 1.90 bits per heavy atom. The van der Waals surface area contributed by atoms with Gasteiger partial charge in [0.2, 0.25) is 0 Å². The number of nitriles is 1. The fourth-order valence-corrected chi connectivity index (χ4v) is 5.79. The Balaban J connectivity index is 2.38. The van der Waals surface area contributed by atoms with Crippen LogP contribution in [-0.2, 0) is 4.79 Å². The van der Waals surface area contributed by atoms with E-state index in [1.165, 1.54) is 0 Å². The molecule has 1 aliphatic rings. The predicted molar refractivity (Wildman–Crippen MR) is 199 cm³/mol. The average molecular weight is 665 g/mol. The molecule has 0 radical (unpaired) electrons. The molecular formula is C38H64N8O2. The van der Waals surface area contributed by atoms with Gasteiger partial charge < -0.3 is 25.8 Å². The van der Waals surface area contributed by atoms with Gasteiger partial charge in [0.25, 0.3) is 11.8 Å². The van der Waals surface area contributed by atoms with Gasteiger partial charge in [0.1, 0.15) is 0 Å². The Morgan fingerprint density at radius 1 is 0.875 bits per heavy atom. The van der Waals surface area contributed by atoms with Gasteiger partial charge in [-0.2, -0.15) is 10.4 Å². The number of nitrogens with one attached hydrogen (secondary N) is 4. The standard InChI is InChI=1S/C38H64N8O2/c1-8-14-21-40-31(11-4)26-45-25-30(24-39)29(7)36(38(45)48)44-43-35-20-18-17-19-34(35)37(47)46(27-32(12-5)41-22-15-9-2)28-33(13-6)42-23-16-10-3/h17-20,31-33,40-43H,8-16,21-23,25-28H2,1-7H3. The Morgan fingerprint density at radius 2 is 1.40 bits per heavy atom. The molecule has 0 spiro atoms. The summed E-state index contributed by atoms with van der Waals surface area (Å²) < 4.78 is 0. The molecule has 3 atom stereocenters. The highest BCUT2D eigenvalue weighted by Gasteiger charge is 2.31. The molecule has 2 amide bonds. The third-order valence-electron chi connectivity index (χ3n) is 9.21. The predicted octanol–water partition coefficient (Wildman–Crippen LogP) is 6.08. The van der Waals surface area contributed by atoms with E-state index in [1.54, 1.807) is 11.8 Å². The van der Waals surface area contributed by atoms with Crippen molar-refractivity contribution in [2.75, 3.05) is 51.2 Å². The first-order valence-electron chi connectivity index (χ1n) is 18.6. The summed E-state index contributed by atoms with van der Waals surface area (Å²) in [7, 11) is 0. The van der Waals surface area contributed by atoms with Crippen molar-refractivity contribution in [2.24, 2.45) is 5.10 Å². The zero-order chi connectivity index (χ0) is 35.3. The number of amides is 2. The number of hydrogen-bond donors (Lipinski definition) is 4. The summed E-state index contributed by atoms with van der Waals surface area (Å²) >= 11 is 0. The van der Waals surface area contributed by atoms with E-state index in [2.05, 4.69) is 74.1 Å². The zero-order valence-electron chi connectivity index (χ0n) is 31.0. The van der Waals surface area contributed by atoms with Gasteiger partial charge in [-0.15, -0.1) is 0 Å². The lowest BCUT2D eigenvalue weighted by molar-refractivity contribution is -0.124. The summed E-state index contributed by atoms with van der Waals surface area (Å²) in [5.41, 5.74) is 5.40. The van der Waals surface area contributed by atoms with Crippen LogP contribution in [0.4, 0.5) is 5.69 Å². The van der Waals surface area contributed by atoms with Crippen molar-refractivity contribution in [3.8, 4) is 6.07 Å². The Labute approximate surface area is 291 Å². The monoisotopic (exact) mass is 665 g/mol. The van der Waals surface area contributed by atoms with Crippen LogP contribution in [0.5, 0.6) is 0 Å². The maximum absolute atomic E-state index is 14.4. The number of carbonyl (C=O) groups excluding carboxylic acids is 2. The van der Waals surface area contributed by atoms with E-state index in [0.29, 0.717) is 42.0 Å². The van der Waals surface area contributed by atoms with E-state index < -0.39 is 0 Å². The summed E-state index contributed by atoms with van der Waals surface area (Å²) in [6.45, 7) is 19.4. The van der Waals surface area contributed by atoms with Gasteiger partial charge in [-0.25, -0.2) is 0 Å². The molecule has 0 saturated carbocycles. The van der Waals surface area contributed by atoms with Crippen LogP contribution >= 0.6 is 0 Å². The molecule has 3 unspecified atom stereocenters. The van der Waals surface area contributed by atoms with Crippen LogP contribution < -0.4 is 21.4 Å². The number of rotatable bonds is 24. The molecule has 2 rings (SSSR count). The first kappa shape index (κ1) is 40.9. The summed E-state index contributed by atoms with van der Waals surface area (Å²) in [6.07, 6.45) is 9.30. The summed E-state index contributed by atoms with van der Waals surface area (Å²) in [5.74, 6) is -0.289. The second kappa shape index (κ2) is 23.2. The lowest BCUT2D eigenvalue weighted by Crippen LogP contribution is -2.49. The van der Waals surface area contributed by atoms with Crippen molar-refractivity contribution in [1.82, 2.24) is 25.8 Å². The van der Waals surface area contributed by atoms with E-state index in [0.717, 1.165) is 77.4 Å². The van der Waals surface area contributed by atoms with Crippen LogP contribution in [-0.4, -0.2) is 91.3 Å². The number of unbranched alkanes of at least 4 members (excludes halogenated alkanes) is 3. The highest BCUT2D eigenvalue weighted by atomic mass is 16.2. The van der Waals surface area contributed by atoms with Crippen LogP contribution in [0.2, 0.25) is 0 Å². The fourth-order valence-electron chi connectivity index (χ4n) is 5.79. The Bertz CT molecular complexity index is 1200. The zero-order valence-corrected chi connectivity index (χ0v) is 31.0. The van der Waals surface area contributed by atoms with Gasteiger partial charge in [-0.1, -0.05) is 72.9 Å². The Hall–Kier alpha value is -3.26. The van der Waals surface area contributed by atoms with Crippen molar-refractivity contribution in [3.63, 3.8) is 0 Å². The average Bonchev–Trinajstić information content (AvgIpc) is 3.10. The van der Waals surface area contributed by atoms with Gasteiger partial charge in [0.15, 0.2) is 5.71 Å². The third-order valence-corrected chi connectivity index (χ3v) is 9.21. The summed E-state index contributed by atoms with van der Waals surface area (Å²) in [4.78, 5) is 31.8. The molecule has 48 heavy (non-hydrogen) atoms. The topological polar surface area (TPSA) is 125 Å². The second-order valence-corrected chi connectivity index (χ2v) is 13.0. The number of hydrazone groups is 1. The lowest BCUT2D eigenvalue weighted by Gasteiger charge is -2.32. The molecular weight excluding hydrogens is 600 g/mol. The number of benzene rings is 1. The summed E-state index contributed by atoms with van der Waals surface area (Å²) in [5, 5.41) is 25.4. The van der Waals surface area contributed by atoms with Gasteiger partial charge in [0, 0.05) is 37.8 Å². The Kier molecular flexibility index (Phi) is 19.7. The van der Waals surface area contributed by atoms with Crippen molar-refractivity contribution in [2.45, 2.75) is 124 Å². The fraction of sp³-hybridized carbons (Fsp3) is 0.684. The SMILES string of the molecule is CCCCNC(CC)CN1CC(C#N)=C(C)C(=NNc2ccccc2C(=O)N(CC(CC)NCCCC)CC(CC)NCCCC)C1=O. The van der Waals surface area contributed by atoms with Crippen molar-refractivity contribution in [3.05, 3.63) is 41.0 Å². The first-order valence-corrected chi connectivity index (χ1v) is 18.6. The molecule has 1 aromatic rings. The van der Waals surface area contributed by atoms with Crippen LogP contribution in [0.25, 0.3) is 0 Å². The quantitative estimate of drug-likeness (QED) is 0.0780. The molecule has 0 bridgehead atoms. The number of para-hydroxylation sites is 1. The van der Waals surface area contributed by atoms with Crippen molar-refractivity contribution in [1.29, 1.82) is 5.26 Å². The number of nitrogens with zero attached hydrogens (tertiary/aromatic N) is 4. The van der Waals surface area contributed by atoms with E-state index in [9.17, 15) is 14.9 Å². The van der Waals surface area contributed by atoms with Crippen LogP contribution in [0, 0.1) is 11.3 Å². The normalized spacial score (nSPS) is 16.2. The van der Waals surface area contributed by atoms with Gasteiger partial charge in [-0.05, 0) is 82.8 Å². The molecule has 0 saturated heterocycles. The molecule has 10 nitrogen and oxygen atoms in total. The molecule has 1 heterocycles. The minimum atomic E-state index is -0.215. The van der Waals surface area contributed by atoms with E-state index in [4.69, 9.17) is 0 Å². The first-order chi connectivity index (χ1) is 23.3. The molecule has 0 aliphatic carbocycles. The maximum atomic E-state index is 14.4. The highest BCUT2D eigenvalue weighted by molar-refractivity contribution is 6.46. The number of carbonyl (C=O) groups is 2. The molecule has 4 N–H and O–H groups in total. The van der Waals surface area contributed by atoms with Crippen LogP contribution in [0.15, 0.2) is 40.5 Å². The van der Waals surface area contributed by atoms with Crippen molar-refractivity contribution >= 4 is 23.2 Å². The van der Waals surface area contributed by atoms with Gasteiger partial charge in [0.05, 0.1) is 29.4 Å². The minimum Gasteiger partial charge on any atom is -0.335 e. The molecule has 0 aromatic heterocycles. The third kappa shape index (κ3) is 13.0. The second-order valence-electron chi connectivity index (χ2n) is 13.0. The molecule has 10 heteroatoms. The van der Waals surface area contributed by atoms with Gasteiger partial charge >= 0.3 is 0 Å². The summed E-state index contributed by atoms with van der Waals surface area (Å²) in [6, 6.07) is 10.1. The number of hydrogen-bond acceptors (Lipinski definition) is 8. The van der Waals surface area contributed by atoms with Gasteiger partial charge in [-0.3, -0.25) is 15.0 Å². The molecule has 1 aliphatic heterocycles. The largest absolute Gasteiger partial charge is 0.335 e. The molecule has 0 fully saturated rings. The maximum Gasteiger partial charge on any atom is 0.274 e. The van der Waals surface area contributed by atoms with E-state index >= 15 is 0 Å². The van der Waals surface area contributed by atoms with Crippen molar-refractivity contribution < 1.29 is 9.59 Å². The smallest absolute Gasteiger partial charge is 0.274 e. The number of anilines is 1. The van der Waals surface area contributed by atoms with Crippen LogP contribution in [0.1, 0.15) is 117 Å². The van der Waals surface area contributed by atoms with Crippen LogP contribution in [0.3, 0.4) is 0 Å². The highest BCUT2D eigenvalue weighted by Crippen LogP contribution is 2.22. The van der Waals surface area contributed by atoms with E-state index in [1.807, 2.05) is 29.2 Å². The molecule has 268 valence electrons.